The molecular weight excluding hydrogens is 207 g/mol. The lowest BCUT2D eigenvalue weighted by Crippen LogP contribution is -1.98. The fourth-order valence-electron chi connectivity index (χ4n) is 1.45. The molecule has 0 saturated heterocycles. The Bertz CT molecular complexity index is 519. The van der Waals surface area contributed by atoms with Gasteiger partial charge in [0.2, 0.25) is 0 Å². The Hall–Kier alpha value is -2.04. The van der Waals surface area contributed by atoms with Crippen LogP contribution in [-0.2, 0) is 7.05 Å². The van der Waals surface area contributed by atoms with Crippen LogP contribution in [0.2, 0.25) is 0 Å². The van der Waals surface area contributed by atoms with Crippen LogP contribution in [0.1, 0.15) is 5.56 Å². The molecule has 0 atom stereocenters. The molecule has 2 aromatic rings. The van der Waals surface area contributed by atoms with Gasteiger partial charge in [-0.25, -0.2) is 4.39 Å². The molecule has 1 aromatic carbocycles. The standard InChI is InChI=1S/C11H13FN4/c1-7-3-4-10(8(12)5-7)14-11-9(13)6-16(2)15-11/h3-6H,13H2,1-2H3,(H,14,15). The van der Waals surface area contributed by atoms with Crippen molar-refractivity contribution in [1.29, 1.82) is 0 Å². The lowest BCUT2D eigenvalue weighted by atomic mass is 10.2. The number of nitrogens with two attached hydrogens (primary N) is 1. The zero-order chi connectivity index (χ0) is 11.7. The topological polar surface area (TPSA) is 55.9 Å². The van der Waals surface area contributed by atoms with Crippen molar-refractivity contribution in [2.45, 2.75) is 6.92 Å². The van der Waals surface area contributed by atoms with Gasteiger partial charge in [0.15, 0.2) is 5.82 Å². The van der Waals surface area contributed by atoms with E-state index in [1.165, 1.54) is 6.07 Å². The van der Waals surface area contributed by atoms with Gasteiger partial charge in [0, 0.05) is 13.2 Å². The van der Waals surface area contributed by atoms with Gasteiger partial charge in [-0.1, -0.05) is 6.07 Å². The van der Waals surface area contributed by atoms with E-state index in [1.54, 1.807) is 24.0 Å². The number of aromatic nitrogens is 2. The van der Waals surface area contributed by atoms with Gasteiger partial charge in [0.05, 0.1) is 11.4 Å². The molecule has 1 heterocycles. The summed E-state index contributed by atoms with van der Waals surface area (Å²) < 4.78 is 15.1. The first kappa shape index (κ1) is 10.5. The molecule has 16 heavy (non-hydrogen) atoms. The van der Waals surface area contributed by atoms with Gasteiger partial charge in [-0.3, -0.25) is 4.68 Å². The first-order chi connectivity index (χ1) is 7.56. The van der Waals surface area contributed by atoms with E-state index in [-0.39, 0.29) is 5.82 Å². The minimum Gasteiger partial charge on any atom is -0.394 e. The monoisotopic (exact) mass is 220 g/mol. The molecule has 0 radical (unpaired) electrons. The van der Waals surface area contributed by atoms with Gasteiger partial charge in [0.25, 0.3) is 0 Å². The maximum atomic E-state index is 13.5. The maximum Gasteiger partial charge on any atom is 0.175 e. The minimum atomic E-state index is -0.315. The van der Waals surface area contributed by atoms with E-state index in [2.05, 4.69) is 10.4 Å². The van der Waals surface area contributed by atoms with E-state index >= 15 is 0 Å². The molecule has 0 fully saturated rings. The normalized spacial score (nSPS) is 10.4. The second-order valence-corrected chi connectivity index (χ2v) is 3.72. The Morgan fingerprint density at radius 1 is 1.44 bits per heavy atom. The van der Waals surface area contributed by atoms with Crippen molar-refractivity contribution in [3.8, 4) is 0 Å². The van der Waals surface area contributed by atoms with Gasteiger partial charge >= 0.3 is 0 Å². The van der Waals surface area contributed by atoms with E-state index in [9.17, 15) is 4.39 Å². The second-order valence-electron chi connectivity index (χ2n) is 3.72. The van der Waals surface area contributed by atoms with Crippen LogP contribution in [0.5, 0.6) is 0 Å². The summed E-state index contributed by atoms with van der Waals surface area (Å²) in [5.41, 5.74) is 7.43. The highest BCUT2D eigenvalue weighted by molar-refractivity contribution is 5.68. The van der Waals surface area contributed by atoms with Gasteiger partial charge < -0.3 is 11.1 Å². The summed E-state index contributed by atoms with van der Waals surface area (Å²) in [7, 11) is 1.76. The molecular formula is C11H13FN4. The lowest BCUT2D eigenvalue weighted by Gasteiger charge is -2.05. The van der Waals surface area contributed by atoms with Crippen LogP contribution < -0.4 is 11.1 Å². The Kier molecular flexibility index (Phi) is 2.52. The van der Waals surface area contributed by atoms with Crippen molar-refractivity contribution < 1.29 is 4.39 Å². The third-order valence-corrected chi connectivity index (χ3v) is 2.23. The summed E-state index contributed by atoms with van der Waals surface area (Å²) in [4.78, 5) is 0. The summed E-state index contributed by atoms with van der Waals surface area (Å²) >= 11 is 0. The van der Waals surface area contributed by atoms with Gasteiger partial charge in [-0.2, -0.15) is 5.10 Å². The molecule has 0 spiro atoms. The molecule has 0 aliphatic heterocycles. The number of nitrogens with zero attached hydrogens (tertiary/aromatic N) is 2. The maximum absolute atomic E-state index is 13.5. The van der Waals surface area contributed by atoms with Crippen molar-refractivity contribution in [1.82, 2.24) is 9.78 Å². The average Bonchev–Trinajstić information content (AvgIpc) is 2.50. The Balaban J connectivity index is 2.30. The number of benzene rings is 1. The van der Waals surface area contributed by atoms with E-state index < -0.39 is 0 Å². The summed E-state index contributed by atoms with van der Waals surface area (Å²) in [6, 6.07) is 4.95. The molecule has 0 amide bonds. The predicted octanol–water partition coefficient (Wildman–Crippen LogP) is 2.19. The molecule has 0 aliphatic carbocycles. The predicted molar refractivity (Wildman–Crippen MR) is 62.0 cm³/mol. The zero-order valence-electron chi connectivity index (χ0n) is 9.16. The van der Waals surface area contributed by atoms with Crippen molar-refractivity contribution in [3.63, 3.8) is 0 Å². The number of nitrogens with one attached hydrogen (secondary N) is 1. The number of nitrogen functional groups attached to an aromatic ring is 1. The summed E-state index contributed by atoms with van der Waals surface area (Å²) in [5, 5.41) is 6.94. The molecule has 84 valence electrons. The molecule has 0 aliphatic rings. The van der Waals surface area contributed by atoms with Crippen molar-refractivity contribution >= 4 is 17.2 Å². The number of halogens is 1. The molecule has 0 unspecified atom stereocenters. The highest BCUT2D eigenvalue weighted by atomic mass is 19.1. The Morgan fingerprint density at radius 2 is 2.19 bits per heavy atom. The first-order valence-electron chi connectivity index (χ1n) is 4.88. The van der Waals surface area contributed by atoms with Crippen LogP contribution >= 0.6 is 0 Å². The van der Waals surface area contributed by atoms with Crippen molar-refractivity contribution in [3.05, 3.63) is 35.8 Å². The summed E-state index contributed by atoms with van der Waals surface area (Å²) in [6.07, 6.45) is 1.66. The van der Waals surface area contributed by atoms with Crippen LogP contribution in [0.4, 0.5) is 21.6 Å². The van der Waals surface area contributed by atoms with E-state index in [1.807, 2.05) is 13.0 Å². The highest BCUT2D eigenvalue weighted by Gasteiger charge is 2.07. The second kappa shape index (κ2) is 3.84. The Morgan fingerprint density at radius 3 is 2.75 bits per heavy atom. The third-order valence-electron chi connectivity index (χ3n) is 2.23. The van der Waals surface area contributed by atoms with E-state index in [0.717, 1.165) is 5.56 Å². The van der Waals surface area contributed by atoms with Crippen molar-refractivity contribution in [2.75, 3.05) is 11.1 Å². The highest BCUT2D eigenvalue weighted by Crippen LogP contribution is 2.23. The smallest absolute Gasteiger partial charge is 0.175 e. The van der Waals surface area contributed by atoms with E-state index in [4.69, 9.17) is 5.73 Å². The van der Waals surface area contributed by atoms with Gasteiger partial charge in [-0.15, -0.1) is 0 Å². The zero-order valence-corrected chi connectivity index (χ0v) is 9.16. The molecule has 5 heteroatoms. The Labute approximate surface area is 92.9 Å². The summed E-state index contributed by atoms with van der Waals surface area (Å²) in [5.74, 6) is 0.148. The minimum absolute atomic E-state index is 0.315. The van der Waals surface area contributed by atoms with Crippen LogP contribution in [0.15, 0.2) is 24.4 Å². The van der Waals surface area contributed by atoms with Crippen LogP contribution in [0.25, 0.3) is 0 Å². The number of anilines is 3. The number of hydrogen-bond donors (Lipinski definition) is 2. The fourth-order valence-corrected chi connectivity index (χ4v) is 1.45. The van der Waals surface area contributed by atoms with Crippen LogP contribution in [0.3, 0.4) is 0 Å². The van der Waals surface area contributed by atoms with E-state index in [0.29, 0.717) is 17.2 Å². The van der Waals surface area contributed by atoms with Crippen LogP contribution in [-0.4, -0.2) is 9.78 Å². The van der Waals surface area contributed by atoms with Crippen LogP contribution in [0, 0.1) is 12.7 Å². The molecule has 4 nitrogen and oxygen atoms in total. The largest absolute Gasteiger partial charge is 0.394 e. The average molecular weight is 220 g/mol. The number of hydrogen-bond acceptors (Lipinski definition) is 3. The number of rotatable bonds is 2. The fraction of sp³-hybridized carbons (Fsp3) is 0.182. The SMILES string of the molecule is Cc1ccc(Nc2nn(C)cc2N)c(F)c1. The molecule has 1 aromatic heterocycles. The summed E-state index contributed by atoms with van der Waals surface area (Å²) in [6.45, 7) is 1.84. The third kappa shape index (κ3) is 1.98. The molecule has 2 rings (SSSR count). The number of aryl methyl sites for hydroxylation is 2. The quantitative estimate of drug-likeness (QED) is 0.815. The van der Waals surface area contributed by atoms with Gasteiger partial charge in [0.1, 0.15) is 5.82 Å². The molecule has 3 N–H and O–H groups in total. The van der Waals surface area contributed by atoms with Gasteiger partial charge in [-0.05, 0) is 24.6 Å². The molecule has 0 saturated carbocycles. The lowest BCUT2D eigenvalue weighted by molar-refractivity contribution is 0.630. The molecule has 0 bridgehead atoms. The van der Waals surface area contributed by atoms with Crippen molar-refractivity contribution in [2.24, 2.45) is 7.05 Å². The first-order valence-corrected chi connectivity index (χ1v) is 4.88.